The van der Waals surface area contributed by atoms with Crippen molar-refractivity contribution in [1.82, 2.24) is 14.8 Å². The summed E-state index contributed by atoms with van der Waals surface area (Å²) in [5.41, 5.74) is 3.14. The summed E-state index contributed by atoms with van der Waals surface area (Å²) in [6.07, 6.45) is 2.04. The Morgan fingerprint density at radius 2 is 1.68 bits per heavy atom. The average Bonchev–Trinajstić information content (AvgIpc) is 3.26. The Hall–Kier alpha value is -3.81. The number of carbonyl (C=O) groups excluding carboxylic acids is 1. The summed E-state index contributed by atoms with van der Waals surface area (Å²) in [6, 6.07) is 21.7. The van der Waals surface area contributed by atoms with E-state index in [1.807, 2.05) is 54.6 Å². The third-order valence-electron chi connectivity index (χ3n) is 5.41. The highest BCUT2D eigenvalue weighted by Crippen LogP contribution is 2.34. The quantitative estimate of drug-likeness (QED) is 0.363. The molecule has 0 radical (unpaired) electrons. The van der Waals surface area contributed by atoms with Gasteiger partial charge >= 0.3 is 0 Å². The summed E-state index contributed by atoms with van der Waals surface area (Å²) < 4.78 is 7.02. The molecule has 0 saturated heterocycles. The number of methoxy groups -OCH3 is 1. The maximum absolute atomic E-state index is 12.9. The number of fused-ring (bicyclic) bond motifs is 1. The lowest BCUT2D eigenvalue weighted by Gasteiger charge is -2.24. The maximum Gasteiger partial charge on any atom is 0.261 e. The molecule has 3 aromatic carbocycles. The molecule has 1 amide bonds. The van der Waals surface area contributed by atoms with Crippen molar-refractivity contribution in [3.63, 3.8) is 0 Å². The molecule has 4 aromatic rings. The van der Waals surface area contributed by atoms with Gasteiger partial charge in [0.05, 0.1) is 12.7 Å². The molecule has 0 spiro atoms. The monoisotopic (exact) mass is 491 g/mol. The molecule has 0 unspecified atom stereocenters. The number of para-hydroxylation sites is 1. The minimum absolute atomic E-state index is 0.170. The van der Waals surface area contributed by atoms with E-state index < -0.39 is 0 Å². The van der Waals surface area contributed by atoms with Crippen LogP contribution in [-0.2, 0) is 0 Å². The standard InChI is InChI=1S/C25H19Cl2N5O2/c1-34-22-5-3-2-4-19(22)23(33)29-24-30-25-28-20(15-6-10-17(26)11-7-15)14-21(32(25)31-24)16-8-12-18(27)13-9-16/h2-14,21H,1H3,(H2,28,29,30,31,33)/t21-/m0/s1. The van der Waals surface area contributed by atoms with Crippen LogP contribution in [0.1, 0.15) is 27.5 Å². The predicted molar refractivity (Wildman–Crippen MR) is 134 cm³/mol. The zero-order chi connectivity index (χ0) is 23.7. The van der Waals surface area contributed by atoms with Gasteiger partial charge in [0.15, 0.2) is 0 Å². The van der Waals surface area contributed by atoms with Gasteiger partial charge < -0.3 is 10.1 Å². The Morgan fingerprint density at radius 1 is 1.00 bits per heavy atom. The first-order chi connectivity index (χ1) is 16.5. The number of amides is 1. The summed E-state index contributed by atoms with van der Waals surface area (Å²) >= 11 is 12.2. The molecular formula is C25H19Cl2N5O2. The molecule has 0 fully saturated rings. The number of allylic oxidation sites excluding steroid dienone is 1. The highest BCUT2D eigenvalue weighted by atomic mass is 35.5. The molecule has 5 rings (SSSR count). The number of halogens is 2. The number of hydrogen-bond acceptors (Lipinski definition) is 5. The summed E-state index contributed by atoms with van der Waals surface area (Å²) in [7, 11) is 1.52. The Morgan fingerprint density at radius 3 is 2.38 bits per heavy atom. The topological polar surface area (TPSA) is 81.1 Å². The van der Waals surface area contributed by atoms with Gasteiger partial charge in [0, 0.05) is 15.7 Å². The van der Waals surface area contributed by atoms with Crippen LogP contribution in [0, 0.1) is 0 Å². The fraction of sp³-hybridized carbons (Fsp3) is 0.0800. The van der Waals surface area contributed by atoms with Crippen LogP contribution in [0.2, 0.25) is 10.0 Å². The van der Waals surface area contributed by atoms with Gasteiger partial charge in [-0.15, -0.1) is 5.10 Å². The highest BCUT2D eigenvalue weighted by Gasteiger charge is 2.26. The normalized spacial score (nSPS) is 14.6. The van der Waals surface area contributed by atoms with E-state index in [4.69, 9.17) is 27.9 Å². The highest BCUT2D eigenvalue weighted by molar-refractivity contribution is 6.30. The molecule has 1 aliphatic heterocycles. The molecule has 2 N–H and O–H groups in total. The van der Waals surface area contributed by atoms with Gasteiger partial charge in [-0.3, -0.25) is 10.1 Å². The maximum atomic E-state index is 12.9. The van der Waals surface area contributed by atoms with Crippen LogP contribution in [0.4, 0.5) is 11.9 Å². The van der Waals surface area contributed by atoms with Gasteiger partial charge in [-0.25, -0.2) is 4.68 Å². The largest absolute Gasteiger partial charge is 0.496 e. The fourth-order valence-corrected chi connectivity index (χ4v) is 3.99. The van der Waals surface area contributed by atoms with E-state index in [2.05, 4.69) is 20.7 Å². The smallest absolute Gasteiger partial charge is 0.261 e. The second-order valence-corrected chi connectivity index (χ2v) is 8.44. The fourth-order valence-electron chi connectivity index (χ4n) is 3.74. The second-order valence-electron chi connectivity index (χ2n) is 7.57. The predicted octanol–water partition coefficient (Wildman–Crippen LogP) is 5.90. The van der Waals surface area contributed by atoms with Crippen LogP contribution in [-0.4, -0.2) is 27.8 Å². The molecule has 1 atom stereocenters. The molecule has 0 aliphatic carbocycles. The lowest BCUT2D eigenvalue weighted by atomic mass is 10.0. The Bertz CT molecular complexity index is 1380. The molecule has 0 bridgehead atoms. The first kappa shape index (κ1) is 22.0. The molecule has 1 aliphatic rings. The first-order valence-electron chi connectivity index (χ1n) is 10.4. The Kier molecular flexibility index (Phi) is 5.96. The third-order valence-corrected chi connectivity index (χ3v) is 5.91. The minimum Gasteiger partial charge on any atom is -0.496 e. The molecular weight excluding hydrogens is 473 g/mol. The van der Waals surface area contributed by atoms with Crippen molar-refractivity contribution in [3.8, 4) is 5.75 Å². The van der Waals surface area contributed by atoms with Crippen LogP contribution in [0.15, 0.2) is 78.9 Å². The van der Waals surface area contributed by atoms with Crippen LogP contribution in [0.5, 0.6) is 5.75 Å². The third kappa shape index (κ3) is 4.35. The second kappa shape index (κ2) is 9.21. The number of rotatable bonds is 5. The van der Waals surface area contributed by atoms with Crippen molar-refractivity contribution in [3.05, 3.63) is 106 Å². The summed E-state index contributed by atoms with van der Waals surface area (Å²) in [4.78, 5) is 17.4. The van der Waals surface area contributed by atoms with Gasteiger partial charge in [0.25, 0.3) is 11.9 Å². The number of nitrogens with one attached hydrogen (secondary N) is 2. The van der Waals surface area contributed by atoms with Gasteiger partial charge in [-0.1, -0.05) is 59.6 Å². The van der Waals surface area contributed by atoms with Crippen LogP contribution in [0.25, 0.3) is 5.70 Å². The van der Waals surface area contributed by atoms with Crippen LogP contribution >= 0.6 is 23.2 Å². The lowest BCUT2D eigenvalue weighted by molar-refractivity contribution is 0.102. The zero-order valence-electron chi connectivity index (χ0n) is 18.0. The van der Waals surface area contributed by atoms with Gasteiger partial charge in [0.1, 0.15) is 11.8 Å². The van der Waals surface area contributed by atoms with E-state index >= 15 is 0 Å². The van der Waals surface area contributed by atoms with Crippen molar-refractivity contribution in [2.45, 2.75) is 6.04 Å². The molecule has 0 saturated carbocycles. The number of anilines is 2. The number of ether oxygens (including phenoxy) is 1. The summed E-state index contributed by atoms with van der Waals surface area (Å²) in [6.45, 7) is 0. The van der Waals surface area contributed by atoms with Crippen molar-refractivity contribution in [1.29, 1.82) is 0 Å². The number of hydrogen-bond donors (Lipinski definition) is 2. The summed E-state index contributed by atoms with van der Waals surface area (Å²) in [5, 5.41) is 11.9. The van der Waals surface area contributed by atoms with Crippen LogP contribution < -0.4 is 15.4 Å². The van der Waals surface area contributed by atoms with E-state index in [1.54, 1.807) is 28.9 Å². The molecule has 1 aromatic heterocycles. The van der Waals surface area contributed by atoms with Gasteiger partial charge in [-0.05, 0) is 53.6 Å². The van der Waals surface area contributed by atoms with E-state index in [9.17, 15) is 4.79 Å². The number of nitrogens with zero attached hydrogens (tertiary/aromatic N) is 3. The van der Waals surface area contributed by atoms with Crippen molar-refractivity contribution in [2.24, 2.45) is 0 Å². The Balaban J connectivity index is 1.51. The number of aromatic nitrogens is 3. The average molecular weight is 492 g/mol. The van der Waals surface area contributed by atoms with Crippen molar-refractivity contribution in [2.75, 3.05) is 17.7 Å². The Labute approximate surface area is 206 Å². The van der Waals surface area contributed by atoms with E-state index in [0.717, 1.165) is 16.8 Å². The lowest BCUT2D eigenvalue weighted by Crippen LogP contribution is -2.20. The van der Waals surface area contributed by atoms with E-state index in [0.29, 0.717) is 27.3 Å². The molecule has 170 valence electrons. The van der Waals surface area contributed by atoms with Crippen molar-refractivity contribution < 1.29 is 9.53 Å². The molecule has 9 heteroatoms. The van der Waals surface area contributed by atoms with Crippen molar-refractivity contribution >= 4 is 46.7 Å². The minimum atomic E-state index is -0.366. The van der Waals surface area contributed by atoms with Gasteiger partial charge in [-0.2, -0.15) is 4.98 Å². The van der Waals surface area contributed by atoms with Gasteiger partial charge in [0.2, 0.25) is 5.95 Å². The first-order valence-corrected chi connectivity index (χ1v) is 11.2. The molecule has 7 nitrogen and oxygen atoms in total. The van der Waals surface area contributed by atoms with E-state index in [1.165, 1.54) is 7.11 Å². The zero-order valence-corrected chi connectivity index (χ0v) is 19.5. The molecule has 2 heterocycles. The number of benzene rings is 3. The van der Waals surface area contributed by atoms with Crippen LogP contribution in [0.3, 0.4) is 0 Å². The number of carbonyl (C=O) groups is 1. The molecule has 34 heavy (non-hydrogen) atoms. The SMILES string of the molecule is COc1ccccc1C(=O)Nc1nc2n(n1)[C@H](c1ccc(Cl)cc1)C=C(c1ccc(Cl)cc1)N2. The summed E-state index contributed by atoms with van der Waals surface area (Å²) in [5.74, 6) is 0.757. The van der Waals surface area contributed by atoms with E-state index in [-0.39, 0.29) is 17.9 Å².